The Morgan fingerprint density at radius 2 is 1.73 bits per heavy atom. The molecule has 2 aliphatic heterocycles. The number of hydrogen-bond acceptors (Lipinski definition) is 7. The number of halogens is 4. The van der Waals surface area contributed by atoms with Crippen LogP contribution in [0.15, 0.2) is 36.7 Å². The fourth-order valence-electron chi connectivity index (χ4n) is 4.89. The summed E-state index contributed by atoms with van der Waals surface area (Å²) in [6, 6.07) is 5.32. The molecule has 0 bridgehead atoms. The highest BCUT2D eigenvalue weighted by Gasteiger charge is 2.48. The Morgan fingerprint density at radius 3 is 2.27 bits per heavy atom. The topological polar surface area (TPSA) is 96.5 Å². The Labute approximate surface area is 223 Å². The van der Waals surface area contributed by atoms with Crippen molar-refractivity contribution >= 4 is 40.3 Å². The smallest absolute Gasteiger partial charge is 0.162 e. The fourth-order valence-corrected chi connectivity index (χ4v) is 5.57. The van der Waals surface area contributed by atoms with Gasteiger partial charge < -0.3 is 25.4 Å². The van der Waals surface area contributed by atoms with Crippen molar-refractivity contribution in [1.82, 2.24) is 10.3 Å². The molecule has 2 aromatic carbocycles. The maximum atomic E-state index is 15.1. The van der Waals surface area contributed by atoms with Crippen LogP contribution in [0.3, 0.4) is 0 Å². The Balaban J connectivity index is 1.44. The summed E-state index contributed by atoms with van der Waals surface area (Å²) in [5, 5.41) is 12.6. The molecule has 11 heteroatoms. The van der Waals surface area contributed by atoms with Crippen LogP contribution in [-0.2, 0) is 0 Å². The molecule has 2 aliphatic rings. The van der Waals surface area contributed by atoms with Crippen molar-refractivity contribution in [3.05, 3.63) is 75.0 Å². The first-order chi connectivity index (χ1) is 17.6. The van der Waals surface area contributed by atoms with Crippen molar-refractivity contribution in [3.8, 4) is 11.5 Å². The number of rotatable bonds is 7. The molecule has 1 spiro atoms. The van der Waals surface area contributed by atoms with Crippen LogP contribution in [0.5, 0.6) is 11.5 Å². The number of benzene rings is 2. The maximum Gasteiger partial charge on any atom is 0.162 e. The van der Waals surface area contributed by atoms with Crippen LogP contribution in [0, 0.1) is 22.5 Å². The summed E-state index contributed by atoms with van der Waals surface area (Å²) in [7, 11) is 1.45. The zero-order chi connectivity index (χ0) is 26.5. The lowest BCUT2D eigenvalue weighted by molar-refractivity contribution is 0.119. The van der Waals surface area contributed by atoms with E-state index in [-0.39, 0.29) is 39.4 Å². The molecule has 4 N–H and O–H groups in total. The van der Waals surface area contributed by atoms with Gasteiger partial charge in [-0.15, -0.1) is 0 Å². The predicted octanol–water partition coefficient (Wildman–Crippen LogP) is 5.22. The predicted molar refractivity (Wildman–Crippen MR) is 141 cm³/mol. The number of nitrogen functional groups attached to an aromatic ring is 1. The highest BCUT2D eigenvalue weighted by Crippen LogP contribution is 2.41. The van der Waals surface area contributed by atoms with E-state index in [0.717, 1.165) is 25.2 Å². The third kappa shape index (κ3) is 4.56. The Kier molecular flexibility index (Phi) is 6.64. The van der Waals surface area contributed by atoms with Crippen molar-refractivity contribution in [2.24, 2.45) is 5.41 Å². The van der Waals surface area contributed by atoms with Gasteiger partial charge in [-0.1, -0.05) is 23.2 Å². The summed E-state index contributed by atoms with van der Waals surface area (Å²) in [5.41, 5.74) is 7.08. The summed E-state index contributed by atoms with van der Waals surface area (Å²) in [6.07, 6.45) is 2.31. The van der Waals surface area contributed by atoms with Gasteiger partial charge in [0, 0.05) is 72.4 Å². The van der Waals surface area contributed by atoms with Crippen LogP contribution in [0.1, 0.15) is 29.7 Å². The first-order valence-corrected chi connectivity index (χ1v) is 12.3. The molecule has 0 radical (unpaired) electrons. The van der Waals surface area contributed by atoms with E-state index in [1.54, 1.807) is 11.8 Å². The highest BCUT2D eigenvalue weighted by molar-refractivity contribution is 6.35. The van der Waals surface area contributed by atoms with Crippen molar-refractivity contribution in [2.75, 3.05) is 43.9 Å². The molecule has 37 heavy (non-hydrogen) atoms. The van der Waals surface area contributed by atoms with Gasteiger partial charge in [-0.3, -0.25) is 10.4 Å². The highest BCUT2D eigenvalue weighted by atomic mass is 35.5. The standard InChI is InChI=1S/C26H25Cl2F2N5O2/c1-13(23-16(27)7-33-8-17(23)28)37-22-5-15(20(31)6-21(22)36-2)24(32)14-3-18(29)25(19(30)4-14)35-11-26(12-35)9-34-10-26/h3-8,13,32,34H,9-12,31H2,1-2H3/t13-/m1/s1. The molecular weight excluding hydrogens is 523 g/mol. The number of hydrogen-bond donors (Lipinski definition) is 3. The van der Waals surface area contributed by atoms with Crippen LogP contribution in [0.2, 0.25) is 10.0 Å². The van der Waals surface area contributed by atoms with Crippen molar-refractivity contribution in [3.63, 3.8) is 0 Å². The van der Waals surface area contributed by atoms with E-state index in [4.69, 9.17) is 43.8 Å². The number of nitrogens with one attached hydrogen (secondary N) is 2. The first kappa shape index (κ1) is 25.5. The molecule has 0 unspecified atom stereocenters. The zero-order valence-electron chi connectivity index (χ0n) is 20.2. The minimum atomic E-state index is -0.721. The lowest BCUT2D eigenvalue weighted by atomic mass is 9.74. The monoisotopic (exact) mass is 547 g/mol. The summed E-state index contributed by atoms with van der Waals surface area (Å²) < 4.78 is 41.6. The minimum Gasteiger partial charge on any atom is -0.493 e. The van der Waals surface area contributed by atoms with Gasteiger partial charge in [0.05, 0.1) is 22.9 Å². The summed E-state index contributed by atoms with van der Waals surface area (Å²) in [6.45, 7) is 4.65. The van der Waals surface area contributed by atoms with Crippen LogP contribution < -0.4 is 25.4 Å². The molecule has 194 valence electrons. The molecule has 3 aromatic rings. The van der Waals surface area contributed by atoms with Gasteiger partial charge in [0.2, 0.25) is 0 Å². The molecule has 1 atom stereocenters. The van der Waals surface area contributed by atoms with Crippen molar-refractivity contribution in [1.29, 1.82) is 5.41 Å². The normalized spacial score (nSPS) is 16.6. The number of ether oxygens (including phenoxy) is 2. The van der Waals surface area contributed by atoms with Gasteiger partial charge in [-0.25, -0.2) is 8.78 Å². The second kappa shape index (κ2) is 9.63. The van der Waals surface area contributed by atoms with Gasteiger partial charge in [0.1, 0.15) is 23.4 Å². The van der Waals surface area contributed by atoms with E-state index in [2.05, 4.69) is 10.3 Å². The molecule has 3 heterocycles. The molecule has 2 saturated heterocycles. The van der Waals surface area contributed by atoms with Gasteiger partial charge >= 0.3 is 0 Å². The number of aromatic nitrogens is 1. The van der Waals surface area contributed by atoms with Gasteiger partial charge in [0.25, 0.3) is 0 Å². The third-order valence-corrected chi connectivity index (χ3v) is 7.48. The van der Waals surface area contributed by atoms with E-state index < -0.39 is 17.7 Å². The molecular formula is C26H25Cl2F2N5O2. The molecule has 0 aliphatic carbocycles. The molecule has 7 nitrogen and oxygen atoms in total. The number of nitrogens with two attached hydrogens (primary N) is 1. The SMILES string of the molecule is COc1cc(N)c(C(=N)c2cc(F)c(N3CC4(CNC4)C3)c(F)c2)cc1O[C@H](C)c1c(Cl)cncc1Cl. The van der Waals surface area contributed by atoms with Crippen LogP contribution in [0.25, 0.3) is 0 Å². The first-order valence-electron chi connectivity index (χ1n) is 11.6. The Morgan fingerprint density at radius 1 is 1.11 bits per heavy atom. The van der Waals surface area contributed by atoms with Crippen LogP contribution >= 0.6 is 23.2 Å². The second-order valence-electron chi connectivity index (χ2n) is 9.49. The van der Waals surface area contributed by atoms with Crippen LogP contribution in [0.4, 0.5) is 20.2 Å². The Bertz CT molecular complexity index is 1350. The second-order valence-corrected chi connectivity index (χ2v) is 10.3. The number of methoxy groups -OCH3 is 1. The average Bonchev–Trinajstić information content (AvgIpc) is 2.79. The maximum absolute atomic E-state index is 15.1. The van der Waals surface area contributed by atoms with Gasteiger partial charge in [-0.05, 0) is 25.1 Å². The number of pyridine rings is 1. The Hall–Kier alpha value is -3.14. The summed E-state index contributed by atoms with van der Waals surface area (Å²) in [4.78, 5) is 5.65. The molecule has 0 amide bonds. The van der Waals surface area contributed by atoms with Crippen molar-refractivity contribution < 1.29 is 18.3 Å². The quantitative estimate of drug-likeness (QED) is 0.277. The zero-order valence-corrected chi connectivity index (χ0v) is 21.7. The lowest BCUT2D eigenvalue weighted by Crippen LogP contribution is -2.71. The average molecular weight is 548 g/mol. The van der Waals surface area contributed by atoms with E-state index in [9.17, 15) is 0 Å². The number of nitrogens with zero attached hydrogens (tertiary/aromatic N) is 2. The summed E-state index contributed by atoms with van der Waals surface area (Å²) >= 11 is 12.5. The summed E-state index contributed by atoms with van der Waals surface area (Å²) in [5.74, 6) is -0.875. The van der Waals surface area contributed by atoms with Crippen LogP contribution in [-0.4, -0.2) is 44.0 Å². The minimum absolute atomic E-state index is 0.0513. The van der Waals surface area contributed by atoms with E-state index in [1.165, 1.54) is 31.6 Å². The fraction of sp³-hybridized carbons (Fsp3) is 0.308. The molecule has 5 rings (SSSR count). The third-order valence-electron chi connectivity index (χ3n) is 6.88. The molecule has 2 fully saturated rings. The molecule has 1 aromatic heterocycles. The van der Waals surface area contributed by atoms with E-state index in [1.807, 2.05) is 0 Å². The lowest BCUT2D eigenvalue weighted by Gasteiger charge is -2.57. The van der Waals surface area contributed by atoms with E-state index >= 15 is 8.78 Å². The van der Waals surface area contributed by atoms with Gasteiger partial charge in [-0.2, -0.15) is 0 Å². The molecule has 0 saturated carbocycles. The van der Waals surface area contributed by atoms with Crippen molar-refractivity contribution in [2.45, 2.75) is 13.0 Å². The van der Waals surface area contributed by atoms with E-state index in [0.29, 0.717) is 34.4 Å². The van der Waals surface area contributed by atoms with Gasteiger partial charge in [0.15, 0.2) is 11.5 Å². The largest absolute Gasteiger partial charge is 0.493 e. The number of anilines is 2.